The zero-order valence-electron chi connectivity index (χ0n) is 25.1. The highest BCUT2D eigenvalue weighted by Crippen LogP contribution is 2.47. The van der Waals surface area contributed by atoms with E-state index in [1.807, 2.05) is 0 Å². The van der Waals surface area contributed by atoms with E-state index in [1.54, 1.807) is 0 Å². The van der Waals surface area contributed by atoms with E-state index >= 15 is 0 Å². The Balaban J connectivity index is 1.26. The molecule has 0 amide bonds. The first-order chi connectivity index (χ1) is 21.7. The monoisotopic (exact) mass is 563 g/mol. The van der Waals surface area contributed by atoms with Crippen molar-refractivity contribution in [3.8, 4) is 66.9 Å². The van der Waals surface area contributed by atoms with Crippen molar-refractivity contribution in [1.29, 1.82) is 0 Å². The Morgan fingerprint density at radius 1 is 0.386 bits per heavy atom. The predicted molar refractivity (Wildman–Crippen MR) is 187 cm³/mol. The summed E-state index contributed by atoms with van der Waals surface area (Å²) in [5.41, 5.74) is 18.4. The van der Waals surface area contributed by atoms with Crippen molar-refractivity contribution < 1.29 is 0 Å². The Labute approximate surface area is 259 Å². The summed E-state index contributed by atoms with van der Waals surface area (Å²) in [6.45, 7) is 4.41. The van der Waals surface area contributed by atoms with Gasteiger partial charge in [0.1, 0.15) is 0 Å². The van der Waals surface area contributed by atoms with Gasteiger partial charge in [-0.15, -0.1) is 0 Å². The van der Waals surface area contributed by atoms with Crippen LogP contribution in [-0.4, -0.2) is 4.98 Å². The highest BCUT2D eigenvalue weighted by Gasteiger charge is 2.22. The van der Waals surface area contributed by atoms with Gasteiger partial charge in [0.2, 0.25) is 0 Å². The molecule has 0 saturated heterocycles. The molecule has 0 bridgehead atoms. The first kappa shape index (κ1) is 26.4. The number of hydrogen-bond acceptors (Lipinski definition) is 1. The Morgan fingerprint density at radius 2 is 0.886 bits per heavy atom. The van der Waals surface area contributed by atoms with Crippen molar-refractivity contribution in [2.75, 3.05) is 0 Å². The average molecular weight is 564 g/mol. The first-order valence-electron chi connectivity index (χ1n) is 15.7. The molecule has 0 atom stereocenters. The lowest BCUT2D eigenvalue weighted by molar-refractivity contribution is 1.14. The highest BCUT2D eigenvalue weighted by atomic mass is 14.7. The van der Waals surface area contributed by atoms with Crippen LogP contribution in [0.4, 0.5) is 0 Å². The van der Waals surface area contributed by atoms with Gasteiger partial charge < -0.3 is 0 Å². The summed E-state index contributed by atoms with van der Waals surface area (Å²) in [5, 5.41) is 1.26. The molecule has 0 fully saturated rings. The summed E-state index contributed by atoms with van der Waals surface area (Å²) in [7, 11) is 0. The van der Waals surface area contributed by atoms with E-state index in [9.17, 15) is 0 Å². The SMILES string of the molecule is CCc1ccc(-c2cc(-c3ccc(CC)cc3)cc(-c3cccc(-c4cc5c6c(cccc6n4)-c4ccccc4-5)c3)c2)cc1. The molecule has 1 heterocycles. The molecule has 7 aromatic rings. The second-order valence-corrected chi connectivity index (χ2v) is 11.8. The number of fused-ring (bicyclic) bond motifs is 3. The minimum atomic E-state index is 1.00. The van der Waals surface area contributed by atoms with Crippen molar-refractivity contribution in [2.45, 2.75) is 26.7 Å². The zero-order valence-corrected chi connectivity index (χ0v) is 25.1. The van der Waals surface area contributed by atoms with Crippen LogP contribution in [0.15, 0.2) is 140 Å². The van der Waals surface area contributed by atoms with Crippen LogP contribution in [0, 0.1) is 0 Å². The standard InChI is InChI=1S/C43H33N/c1-3-28-15-19-30(20-16-28)34-24-35(31-21-17-29(4-2)18-22-31)26-36(25-34)32-9-7-10-33(23-32)42-27-40-38-12-6-5-11-37(38)39-13-8-14-41(44-42)43(39)40/h5-27H,3-4H2,1-2H3. The maximum absolute atomic E-state index is 5.19. The van der Waals surface area contributed by atoms with Gasteiger partial charge in [0, 0.05) is 10.9 Å². The molecule has 1 aliphatic rings. The van der Waals surface area contributed by atoms with Crippen LogP contribution in [0.1, 0.15) is 25.0 Å². The number of aryl methyl sites for hydroxylation is 2. The molecule has 0 spiro atoms. The Kier molecular flexibility index (Phi) is 6.46. The minimum Gasteiger partial charge on any atom is -0.248 e. The van der Waals surface area contributed by atoms with E-state index in [4.69, 9.17) is 4.98 Å². The van der Waals surface area contributed by atoms with E-state index in [0.717, 1.165) is 29.6 Å². The third kappa shape index (κ3) is 4.53. The van der Waals surface area contributed by atoms with Gasteiger partial charge in [0.15, 0.2) is 0 Å². The van der Waals surface area contributed by atoms with Crippen LogP contribution in [0.2, 0.25) is 0 Å². The van der Waals surface area contributed by atoms with Crippen LogP contribution < -0.4 is 0 Å². The van der Waals surface area contributed by atoms with Gasteiger partial charge in [0.05, 0.1) is 11.2 Å². The number of rotatable bonds is 6. The number of nitrogens with zero attached hydrogens (tertiary/aromatic N) is 1. The quantitative estimate of drug-likeness (QED) is 0.196. The van der Waals surface area contributed by atoms with Gasteiger partial charge in [-0.1, -0.05) is 117 Å². The Bertz CT molecular complexity index is 2100. The fourth-order valence-electron chi connectivity index (χ4n) is 6.68. The summed E-state index contributed by atoms with van der Waals surface area (Å²) in [5.74, 6) is 0. The lowest BCUT2D eigenvalue weighted by Crippen LogP contribution is -1.90. The van der Waals surface area contributed by atoms with Gasteiger partial charge in [0.25, 0.3) is 0 Å². The molecule has 0 N–H and O–H groups in total. The second-order valence-electron chi connectivity index (χ2n) is 11.8. The molecule has 0 saturated carbocycles. The maximum atomic E-state index is 5.19. The van der Waals surface area contributed by atoms with Crippen LogP contribution in [0.25, 0.3) is 77.8 Å². The largest absolute Gasteiger partial charge is 0.248 e. The average Bonchev–Trinajstić information content (AvgIpc) is 3.43. The van der Waals surface area contributed by atoms with Gasteiger partial charge in [-0.2, -0.15) is 0 Å². The molecule has 1 aromatic heterocycles. The summed E-state index contributed by atoms with van der Waals surface area (Å²) in [6, 6.07) is 51.4. The van der Waals surface area contributed by atoms with Crippen molar-refractivity contribution in [3.05, 3.63) is 151 Å². The fraction of sp³-hybridized carbons (Fsp3) is 0.0930. The number of hydrogen-bond donors (Lipinski definition) is 0. The highest BCUT2D eigenvalue weighted by molar-refractivity contribution is 6.14. The molecule has 1 nitrogen and oxygen atoms in total. The molecule has 0 aliphatic heterocycles. The fourth-order valence-corrected chi connectivity index (χ4v) is 6.68. The second kappa shape index (κ2) is 10.8. The molecule has 1 aliphatic carbocycles. The molecule has 0 radical (unpaired) electrons. The zero-order chi connectivity index (χ0) is 29.6. The van der Waals surface area contributed by atoms with Crippen LogP contribution in [0.3, 0.4) is 0 Å². The maximum Gasteiger partial charge on any atom is 0.0722 e. The van der Waals surface area contributed by atoms with Crippen molar-refractivity contribution >= 4 is 10.9 Å². The third-order valence-electron chi connectivity index (χ3n) is 9.16. The van der Waals surface area contributed by atoms with Crippen LogP contribution in [-0.2, 0) is 12.8 Å². The molecule has 8 rings (SSSR count). The topological polar surface area (TPSA) is 12.9 Å². The molecule has 0 unspecified atom stereocenters. The lowest BCUT2D eigenvalue weighted by atomic mass is 9.91. The summed E-state index contributed by atoms with van der Waals surface area (Å²) >= 11 is 0. The Morgan fingerprint density at radius 3 is 1.50 bits per heavy atom. The molecular formula is C43H33N. The molecule has 6 aromatic carbocycles. The van der Waals surface area contributed by atoms with E-state index in [0.29, 0.717) is 0 Å². The third-order valence-corrected chi connectivity index (χ3v) is 9.16. The molecular weight excluding hydrogens is 530 g/mol. The summed E-state index contributed by atoms with van der Waals surface area (Å²) in [6.07, 6.45) is 2.08. The van der Waals surface area contributed by atoms with Crippen molar-refractivity contribution in [2.24, 2.45) is 0 Å². The van der Waals surface area contributed by atoms with Gasteiger partial charge in [-0.05, 0) is 116 Å². The van der Waals surface area contributed by atoms with Crippen molar-refractivity contribution in [1.82, 2.24) is 4.98 Å². The first-order valence-corrected chi connectivity index (χ1v) is 15.7. The number of pyridine rings is 1. The lowest BCUT2D eigenvalue weighted by Gasteiger charge is -2.13. The smallest absolute Gasteiger partial charge is 0.0722 e. The Hall–Kier alpha value is -5.27. The van der Waals surface area contributed by atoms with Gasteiger partial charge in [-0.25, -0.2) is 4.98 Å². The van der Waals surface area contributed by atoms with Crippen LogP contribution >= 0.6 is 0 Å². The van der Waals surface area contributed by atoms with E-state index in [2.05, 4.69) is 153 Å². The van der Waals surface area contributed by atoms with Gasteiger partial charge >= 0.3 is 0 Å². The molecule has 1 heteroatoms. The van der Waals surface area contributed by atoms with Gasteiger partial charge in [-0.3, -0.25) is 0 Å². The predicted octanol–water partition coefficient (Wildman–Crippen LogP) is 11.7. The minimum absolute atomic E-state index is 1.00. The number of benzene rings is 6. The molecule has 44 heavy (non-hydrogen) atoms. The number of aromatic nitrogens is 1. The summed E-state index contributed by atoms with van der Waals surface area (Å²) in [4.78, 5) is 5.19. The van der Waals surface area contributed by atoms with Crippen molar-refractivity contribution in [3.63, 3.8) is 0 Å². The summed E-state index contributed by atoms with van der Waals surface area (Å²) < 4.78 is 0. The normalized spacial score (nSPS) is 11.6. The van der Waals surface area contributed by atoms with E-state index < -0.39 is 0 Å². The van der Waals surface area contributed by atoms with E-state index in [-0.39, 0.29) is 0 Å². The molecule has 210 valence electrons. The van der Waals surface area contributed by atoms with E-state index in [1.165, 1.54) is 72.1 Å². The van der Waals surface area contributed by atoms with Crippen LogP contribution in [0.5, 0.6) is 0 Å².